The van der Waals surface area contributed by atoms with Gasteiger partial charge in [0.15, 0.2) is 11.5 Å². The number of anilines is 2. The molecule has 1 N–H and O–H groups in total. The zero-order valence-electron chi connectivity index (χ0n) is 14.2. The minimum Gasteiger partial charge on any atom is -0.353 e. The van der Waals surface area contributed by atoms with E-state index in [0.717, 1.165) is 16.2 Å². The average Bonchev–Trinajstić information content (AvgIpc) is 2.64. The summed E-state index contributed by atoms with van der Waals surface area (Å²) in [5, 5.41) is 9.76. The van der Waals surface area contributed by atoms with E-state index in [1.54, 1.807) is 0 Å². The first kappa shape index (κ1) is 19.6. The molecule has 0 unspecified atom stereocenters. The highest BCUT2D eigenvalue weighted by molar-refractivity contribution is 9.10. The number of aromatic nitrogens is 2. The number of rotatable bonds is 4. The standard InChI is InChI=1S/C17H17BrF3N5O/c18-12-1-3-13(4-2-12)22-16(27)11-25-7-9-26(10-8-25)15-6-5-14(23-24-15)17(19,20)21/h1-6H,7-11H2,(H,22,27). The van der Waals surface area contributed by atoms with E-state index in [-0.39, 0.29) is 12.5 Å². The topological polar surface area (TPSA) is 61.4 Å². The number of benzene rings is 1. The Morgan fingerprint density at radius 3 is 2.26 bits per heavy atom. The second kappa shape index (κ2) is 8.22. The number of halogens is 4. The molecule has 1 aromatic carbocycles. The molecule has 1 aromatic heterocycles. The zero-order chi connectivity index (χ0) is 19.4. The largest absolute Gasteiger partial charge is 0.435 e. The molecule has 27 heavy (non-hydrogen) atoms. The maximum Gasteiger partial charge on any atom is 0.435 e. The van der Waals surface area contributed by atoms with Crippen LogP contribution >= 0.6 is 15.9 Å². The summed E-state index contributed by atoms with van der Waals surface area (Å²) in [5.41, 5.74) is -0.281. The van der Waals surface area contributed by atoms with Crippen molar-refractivity contribution in [3.63, 3.8) is 0 Å². The van der Waals surface area contributed by atoms with E-state index in [0.29, 0.717) is 32.0 Å². The minimum atomic E-state index is -4.49. The molecule has 2 aromatic rings. The smallest absolute Gasteiger partial charge is 0.353 e. The van der Waals surface area contributed by atoms with Gasteiger partial charge in [-0.25, -0.2) is 0 Å². The molecular formula is C17H17BrF3N5O. The Bertz CT molecular complexity index is 775. The zero-order valence-corrected chi connectivity index (χ0v) is 15.8. The molecule has 0 radical (unpaired) electrons. The van der Waals surface area contributed by atoms with E-state index >= 15 is 0 Å². The van der Waals surface area contributed by atoms with E-state index in [4.69, 9.17) is 0 Å². The van der Waals surface area contributed by atoms with E-state index in [1.165, 1.54) is 6.07 Å². The van der Waals surface area contributed by atoms with E-state index in [2.05, 4.69) is 31.4 Å². The van der Waals surface area contributed by atoms with Gasteiger partial charge in [0.1, 0.15) is 0 Å². The van der Waals surface area contributed by atoms with Crippen LogP contribution in [0.5, 0.6) is 0 Å². The third-order valence-corrected chi connectivity index (χ3v) is 4.66. The van der Waals surface area contributed by atoms with Crippen LogP contribution in [0, 0.1) is 0 Å². The predicted molar refractivity (Wildman–Crippen MR) is 98.5 cm³/mol. The van der Waals surface area contributed by atoms with Gasteiger partial charge >= 0.3 is 6.18 Å². The minimum absolute atomic E-state index is 0.111. The summed E-state index contributed by atoms with van der Waals surface area (Å²) in [6.07, 6.45) is -4.49. The Balaban J connectivity index is 1.48. The number of nitrogens with zero attached hydrogens (tertiary/aromatic N) is 4. The monoisotopic (exact) mass is 443 g/mol. The highest BCUT2D eigenvalue weighted by Gasteiger charge is 2.33. The van der Waals surface area contributed by atoms with Gasteiger partial charge in [-0.15, -0.1) is 10.2 Å². The maximum atomic E-state index is 12.5. The lowest BCUT2D eigenvalue weighted by Gasteiger charge is -2.34. The first-order valence-electron chi connectivity index (χ1n) is 8.25. The Morgan fingerprint density at radius 1 is 1.04 bits per heavy atom. The van der Waals surface area contributed by atoms with Gasteiger partial charge in [-0.3, -0.25) is 9.69 Å². The number of piperazine rings is 1. The molecule has 1 saturated heterocycles. The fraction of sp³-hybridized carbons (Fsp3) is 0.353. The summed E-state index contributed by atoms with van der Waals surface area (Å²) in [6.45, 7) is 2.59. The number of amides is 1. The van der Waals surface area contributed by atoms with Crippen LogP contribution in [0.3, 0.4) is 0 Å². The fourth-order valence-electron chi connectivity index (χ4n) is 2.72. The van der Waals surface area contributed by atoms with Crippen LogP contribution in [0.1, 0.15) is 5.69 Å². The van der Waals surface area contributed by atoms with Gasteiger partial charge in [0.25, 0.3) is 0 Å². The van der Waals surface area contributed by atoms with Gasteiger partial charge in [0.05, 0.1) is 6.54 Å². The van der Waals surface area contributed by atoms with Crippen molar-refractivity contribution in [3.05, 3.63) is 46.6 Å². The summed E-state index contributed by atoms with van der Waals surface area (Å²) in [6, 6.07) is 9.57. The van der Waals surface area contributed by atoms with Crippen LogP contribution in [-0.2, 0) is 11.0 Å². The van der Waals surface area contributed by atoms with Crippen LogP contribution in [0.15, 0.2) is 40.9 Å². The molecule has 0 atom stereocenters. The Hall–Kier alpha value is -2.20. The molecule has 0 aliphatic carbocycles. The number of hydrogen-bond donors (Lipinski definition) is 1. The van der Waals surface area contributed by atoms with Crippen molar-refractivity contribution in [1.29, 1.82) is 0 Å². The Morgan fingerprint density at radius 2 is 1.70 bits per heavy atom. The molecule has 1 aliphatic heterocycles. The summed E-state index contributed by atoms with van der Waals surface area (Å²) in [7, 11) is 0. The third kappa shape index (κ3) is 5.39. The molecule has 1 fully saturated rings. The number of alkyl halides is 3. The fourth-order valence-corrected chi connectivity index (χ4v) is 2.98. The lowest BCUT2D eigenvalue weighted by Crippen LogP contribution is -2.49. The van der Waals surface area contributed by atoms with Gasteiger partial charge in [0, 0.05) is 36.3 Å². The van der Waals surface area contributed by atoms with Crippen molar-refractivity contribution in [1.82, 2.24) is 15.1 Å². The van der Waals surface area contributed by atoms with E-state index < -0.39 is 11.9 Å². The normalized spacial score (nSPS) is 15.6. The first-order valence-corrected chi connectivity index (χ1v) is 9.04. The molecule has 144 valence electrons. The van der Waals surface area contributed by atoms with Gasteiger partial charge in [-0.2, -0.15) is 13.2 Å². The average molecular weight is 444 g/mol. The summed E-state index contributed by atoms with van der Waals surface area (Å²) in [4.78, 5) is 16.0. The summed E-state index contributed by atoms with van der Waals surface area (Å²) < 4.78 is 38.6. The van der Waals surface area contributed by atoms with Crippen LogP contribution in [0.25, 0.3) is 0 Å². The third-order valence-electron chi connectivity index (χ3n) is 4.13. The summed E-state index contributed by atoms with van der Waals surface area (Å²) in [5.74, 6) is 0.294. The number of carbonyl (C=O) groups is 1. The van der Waals surface area contributed by atoms with Gasteiger partial charge in [-0.1, -0.05) is 15.9 Å². The van der Waals surface area contributed by atoms with Gasteiger partial charge < -0.3 is 10.2 Å². The molecule has 3 rings (SSSR count). The quantitative estimate of drug-likeness (QED) is 0.786. The lowest BCUT2D eigenvalue weighted by molar-refractivity contribution is -0.141. The van der Waals surface area contributed by atoms with Gasteiger partial charge in [-0.05, 0) is 36.4 Å². The number of nitrogens with one attached hydrogen (secondary N) is 1. The molecule has 2 heterocycles. The van der Waals surface area contributed by atoms with Crippen molar-refractivity contribution < 1.29 is 18.0 Å². The van der Waals surface area contributed by atoms with E-state index in [9.17, 15) is 18.0 Å². The Kier molecular flexibility index (Phi) is 5.95. The molecular weight excluding hydrogens is 427 g/mol. The molecule has 0 saturated carbocycles. The second-order valence-corrected chi connectivity index (χ2v) is 7.01. The van der Waals surface area contributed by atoms with Crippen molar-refractivity contribution in [3.8, 4) is 0 Å². The van der Waals surface area contributed by atoms with Crippen LogP contribution in [0.2, 0.25) is 0 Å². The van der Waals surface area contributed by atoms with Crippen molar-refractivity contribution in [2.75, 3.05) is 42.9 Å². The molecule has 1 amide bonds. The first-order chi connectivity index (χ1) is 12.8. The highest BCUT2D eigenvalue weighted by Crippen LogP contribution is 2.27. The maximum absolute atomic E-state index is 12.5. The molecule has 1 aliphatic rings. The van der Waals surface area contributed by atoms with Crippen molar-refractivity contribution >= 4 is 33.3 Å². The molecule has 10 heteroatoms. The van der Waals surface area contributed by atoms with Crippen LogP contribution < -0.4 is 10.2 Å². The molecule has 6 nitrogen and oxygen atoms in total. The highest BCUT2D eigenvalue weighted by atomic mass is 79.9. The Labute approximate surface area is 162 Å². The second-order valence-electron chi connectivity index (χ2n) is 6.09. The van der Waals surface area contributed by atoms with Crippen molar-refractivity contribution in [2.45, 2.75) is 6.18 Å². The number of carbonyl (C=O) groups excluding carboxylic acids is 1. The van der Waals surface area contributed by atoms with Crippen LogP contribution in [-0.4, -0.2) is 53.7 Å². The van der Waals surface area contributed by atoms with Crippen LogP contribution in [0.4, 0.5) is 24.7 Å². The molecule has 0 spiro atoms. The molecule has 0 bridgehead atoms. The SMILES string of the molecule is O=C(CN1CCN(c2ccc(C(F)(F)F)nn2)CC1)Nc1ccc(Br)cc1. The summed E-state index contributed by atoms with van der Waals surface area (Å²) >= 11 is 3.34. The number of hydrogen-bond acceptors (Lipinski definition) is 5. The predicted octanol–water partition coefficient (Wildman–Crippen LogP) is 3.02. The van der Waals surface area contributed by atoms with Crippen molar-refractivity contribution in [2.24, 2.45) is 0 Å². The lowest BCUT2D eigenvalue weighted by atomic mass is 10.3. The van der Waals surface area contributed by atoms with Gasteiger partial charge in [0.2, 0.25) is 5.91 Å². The van der Waals surface area contributed by atoms with E-state index in [1.807, 2.05) is 34.1 Å².